The number of sulfonamides is 1. The minimum absolute atomic E-state index is 0.0452. The minimum atomic E-state index is -3.68. The topological polar surface area (TPSA) is 149 Å². The van der Waals surface area contributed by atoms with E-state index in [4.69, 9.17) is 9.47 Å². The molecular formula is C39H37N5O6S2. The Morgan fingerprint density at radius 1 is 0.827 bits per heavy atom. The number of aliphatic hydroxyl groups is 1. The highest BCUT2D eigenvalue weighted by atomic mass is 32.2. The lowest BCUT2D eigenvalue weighted by atomic mass is 9.91. The van der Waals surface area contributed by atoms with Gasteiger partial charge < -0.3 is 19.7 Å². The minimum Gasteiger partial charge on any atom is -0.508 e. The number of phenolic OH excluding ortho intramolecular Hbond substituents is 1. The van der Waals surface area contributed by atoms with E-state index in [9.17, 15) is 18.6 Å². The van der Waals surface area contributed by atoms with Gasteiger partial charge >= 0.3 is 0 Å². The maximum absolute atomic E-state index is 12.9. The van der Waals surface area contributed by atoms with Crippen LogP contribution in [0.5, 0.6) is 5.75 Å². The summed E-state index contributed by atoms with van der Waals surface area (Å²) in [5.74, 6) is 0.644. The van der Waals surface area contributed by atoms with Gasteiger partial charge in [0, 0.05) is 23.8 Å². The van der Waals surface area contributed by atoms with Gasteiger partial charge in [-0.05, 0) is 74.6 Å². The number of benzene rings is 5. The highest BCUT2D eigenvalue weighted by Gasteiger charge is 2.38. The first kappa shape index (κ1) is 35.5. The van der Waals surface area contributed by atoms with Crippen LogP contribution >= 0.6 is 11.8 Å². The molecule has 1 aliphatic heterocycles. The highest BCUT2D eigenvalue weighted by Crippen LogP contribution is 2.43. The average Bonchev–Trinajstić information content (AvgIpc) is 3.66. The monoisotopic (exact) mass is 735 g/mol. The summed E-state index contributed by atoms with van der Waals surface area (Å²) in [5.41, 5.74) is 6.02. The summed E-state index contributed by atoms with van der Waals surface area (Å²) in [4.78, 5) is 0.217. The Balaban J connectivity index is 1.11. The van der Waals surface area contributed by atoms with Crippen LogP contribution in [0.4, 0.5) is 0 Å². The molecule has 7 rings (SSSR count). The zero-order valence-electron chi connectivity index (χ0n) is 28.2. The second-order valence-corrected chi connectivity index (χ2v) is 15.2. The lowest BCUT2D eigenvalue weighted by molar-refractivity contribution is -0.268. The van der Waals surface area contributed by atoms with Gasteiger partial charge in [0.2, 0.25) is 15.2 Å². The standard InChI is InChI=1S/C39H37N5O6S2/c1-26-36(25-51-39-41-42-43-44(39)32-19-21-33(46)22-20-32)49-38(50-37(26)29-13-11-27(24-45)12-14-29)30-17-15-28(16-18-30)35-10-6-5-7-31(35)23-40-52(47,48)34-8-3-2-4-9-34/h2-22,26,36-38,40,45-46H,23-25H2,1H3. The number of hydrogen-bond acceptors (Lipinski definition) is 10. The van der Waals surface area contributed by atoms with Gasteiger partial charge in [0.05, 0.1) is 29.4 Å². The molecule has 1 aliphatic rings. The third-order valence-electron chi connectivity index (χ3n) is 9.05. The number of phenols is 1. The van der Waals surface area contributed by atoms with Crippen molar-refractivity contribution in [1.82, 2.24) is 24.9 Å². The normalized spacial score (nSPS) is 19.0. The van der Waals surface area contributed by atoms with Crippen molar-refractivity contribution in [3.63, 3.8) is 0 Å². The highest BCUT2D eigenvalue weighted by molar-refractivity contribution is 7.99. The summed E-state index contributed by atoms with van der Waals surface area (Å²) in [6, 6.07) is 38.4. The predicted octanol–water partition coefficient (Wildman–Crippen LogP) is 6.59. The summed E-state index contributed by atoms with van der Waals surface area (Å²) in [6.07, 6.45) is -1.24. The number of ether oxygens (including phenoxy) is 2. The maximum Gasteiger partial charge on any atom is 0.240 e. The van der Waals surface area contributed by atoms with E-state index in [1.54, 1.807) is 59.3 Å². The van der Waals surface area contributed by atoms with Crippen molar-refractivity contribution in [2.45, 2.75) is 48.6 Å². The quantitative estimate of drug-likeness (QED) is 0.118. The lowest BCUT2D eigenvalue weighted by Crippen LogP contribution is -2.38. The first-order valence-corrected chi connectivity index (χ1v) is 19.2. The van der Waals surface area contributed by atoms with E-state index >= 15 is 0 Å². The van der Waals surface area contributed by atoms with Crippen molar-refractivity contribution >= 4 is 21.8 Å². The Morgan fingerprint density at radius 2 is 1.52 bits per heavy atom. The van der Waals surface area contributed by atoms with Crippen LogP contribution in [0, 0.1) is 5.92 Å². The van der Waals surface area contributed by atoms with Gasteiger partial charge in [0.15, 0.2) is 6.29 Å². The molecule has 6 aromatic rings. The summed E-state index contributed by atoms with van der Waals surface area (Å²) in [5, 5.41) is 32.2. The molecule has 266 valence electrons. The zero-order valence-corrected chi connectivity index (χ0v) is 29.8. The second-order valence-electron chi connectivity index (χ2n) is 12.4. The first-order valence-electron chi connectivity index (χ1n) is 16.7. The molecule has 13 heteroatoms. The maximum atomic E-state index is 12.9. The van der Waals surface area contributed by atoms with Gasteiger partial charge in [0.1, 0.15) is 5.75 Å². The van der Waals surface area contributed by atoms with Crippen molar-refractivity contribution in [3.05, 3.63) is 150 Å². The average molecular weight is 736 g/mol. The molecule has 52 heavy (non-hydrogen) atoms. The number of aliphatic hydroxyl groups excluding tert-OH is 1. The van der Waals surface area contributed by atoms with Crippen LogP contribution in [0.3, 0.4) is 0 Å². The Hall–Kier alpha value is -4.89. The number of nitrogens with one attached hydrogen (secondary N) is 1. The third kappa shape index (κ3) is 7.94. The molecule has 1 saturated heterocycles. The molecule has 5 aromatic carbocycles. The van der Waals surface area contributed by atoms with E-state index in [1.165, 1.54) is 11.8 Å². The molecule has 11 nitrogen and oxygen atoms in total. The zero-order chi connectivity index (χ0) is 36.1. The van der Waals surface area contributed by atoms with Crippen LogP contribution in [-0.2, 0) is 32.6 Å². The molecule has 0 radical (unpaired) electrons. The molecule has 3 N–H and O–H groups in total. The van der Waals surface area contributed by atoms with E-state index in [1.807, 2.05) is 72.8 Å². The van der Waals surface area contributed by atoms with Crippen molar-refractivity contribution < 1.29 is 28.1 Å². The van der Waals surface area contributed by atoms with Crippen LogP contribution < -0.4 is 4.72 Å². The van der Waals surface area contributed by atoms with Crippen LogP contribution in [0.25, 0.3) is 16.8 Å². The third-order valence-corrected chi connectivity index (χ3v) is 11.5. The molecule has 0 bridgehead atoms. The summed E-state index contributed by atoms with van der Waals surface area (Å²) < 4.78 is 43.5. The van der Waals surface area contributed by atoms with Gasteiger partial charge in [-0.15, -0.1) is 5.10 Å². The molecule has 1 aromatic heterocycles. The van der Waals surface area contributed by atoms with Gasteiger partial charge in [-0.2, -0.15) is 4.68 Å². The second kappa shape index (κ2) is 15.8. The summed E-state index contributed by atoms with van der Waals surface area (Å²) in [6.45, 7) is 2.19. The van der Waals surface area contributed by atoms with E-state index in [-0.39, 0.29) is 41.9 Å². The van der Waals surface area contributed by atoms with Gasteiger partial charge in [-0.1, -0.05) is 110 Å². The van der Waals surface area contributed by atoms with Crippen molar-refractivity contribution in [2.75, 3.05) is 5.75 Å². The lowest BCUT2D eigenvalue weighted by Gasteiger charge is -2.41. The molecule has 2 heterocycles. The van der Waals surface area contributed by atoms with Crippen molar-refractivity contribution in [3.8, 4) is 22.6 Å². The molecule has 0 amide bonds. The number of aromatic hydroxyl groups is 1. The van der Waals surface area contributed by atoms with Crippen LogP contribution in [-0.4, -0.2) is 50.7 Å². The van der Waals surface area contributed by atoms with Crippen LogP contribution in [0.15, 0.2) is 137 Å². The Bertz CT molecular complexity index is 2200. The van der Waals surface area contributed by atoms with Crippen LogP contribution in [0.2, 0.25) is 0 Å². The number of aromatic nitrogens is 4. The van der Waals surface area contributed by atoms with E-state index < -0.39 is 16.3 Å². The number of rotatable bonds is 12. The molecule has 4 unspecified atom stereocenters. The predicted molar refractivity (Wildman–Crippen MR) is 197 cm³/mol. The summed E-state index contributed by atoms with van der Waals surface area (Å²) in [7, 11) is -3.68. The van der Waals surface area contributed by atoms with Crippen molar-refractivity contribution in [2.24, 2.45) is 5.92 Å². The number of hydrogen-bond donors (Lipinski definition) is 3. The fourth-order valence-corrected chi connectivity index (χ4v) is 8.20. The largest absolute Gasteiger partial charge is 0.508 e. The molecule has 1 fully saturated rings. The SMILES string of the molecule is CC1C(CSc2nnnn2-c2ccc(O)cc2)OC(c2ccc(-c3ccccc3CNS(=O)(=O)c3ccccc3)cc2)OC1c1ccc(CO)cc1. The van der Waals surface area contributed by atoms with Crippen LogP contribution in [0.1, 0.15) is 41.6 Å². The molecule has 0 spiro atoms. The first-order chi connectivity index (χ1) is 25.3. The van der Waals surface area contributed by atoms with Gasteiger partial charge in [-0.25, -0.2) is 13.1 Å². The Morgan fingerprint density at radius 3 is 2.25 bits per heavy atom. The number of nitrogens with zero attached hydrogens (tertiary/aromatic N) is 4. The Labute approximate surface area is 306 Å². The number of tetrazole rings is 1. The smallest absolute Gasteiger partial charge is 0.240 e. The van der Waals surface area contributed by atoms with E-state index in [0.717, 1.165) is 39.1 Å². The summed E-state index contributed by atoms with van der Waals surface area (Å²) >= 11 is 1.47. The molecule has 0 aliphatic carbocycles. The van der Waals surface area contributed by atoms with E-state index in [2.05, 4.69) is 27.2 Å². The van der Waals surface area contributed by atoms with Gasteiger partial charge in [0.25, 0.3) is 0 Å². The van der Waals surface area contributed by atoms with E-state index in [0.29, 0.717) is 10.9 Å². The molecule has 4 atom stereocenters. The fraction of sp³-hybridized carbons (Fsp3) is 0.205. The number of thioether (sulfide) groups is 1. The van der Waals surface area contributed by atoms with Gasteiger partial charge in [-0.3, -0.25) is 0 Å². The molecular weight excluding hydrogens is 699 g/mol. The van der Waals surface area contributed by atoms with Crippen molar-refractivity contribution in [1.29, 1.82) is 0 Å². The Kier molecular flexibility index (Phi) is 10.8. The fourth-order valence-electron chi connectivity index (χ4n) is 6.12. The molecule has 0 saturated carbocycles.